The average Bonchev–Trinajstić information content (AvgIpc) is 2.91. The standard InChI is InChI=1S/C15H17FN4O/c16-12-6-4-11(5-7-12)9-15(21)17-10-14-19-18-13-3-1-2-8-20(13)14/h4-7H,1-3,8-10H2,(H,17,21). The molecule has 1 aliphatic rings. The number of hydrogen-bond donors (Lipinski definition) is 1. The molecule has 0 radical (unpaired) electrons. The summed E-state index contributed by atoms with van der Waals surface area (Å²) in [5, 5.41) is 11.1. The van der Waals surface area contributed by atoms with E-state index in [2.05, 4.69) is 20.1 Å². The van der Waals surface area contributed by atoms with Crippen LogP contribution in [-0.4, -0.2) is 20.7 Å². The average molecular weight is 288 g/mol. The molecule has 3 rings (SSSR count). The highest BCUT2D eigenvalue weighted by molar-refractivity contribution is 5.78. The first-order valence-corrected chi connectivity index (χ1v) is 7.14. The van der Waals surface area contributed by atoms with E-state index in [4.69, 9.17) is 0 Å². The van der Waals surface area contributed by atoms with Crippen LogP contribution in [0.15, 0.2) is 24.3 Å². The van der Waals surface area contributed by atoms with Gasteiger partial charge in [0, 0.05) is 13.0 Å². The summed E-state index contributed by atoms with van der Waals surface area (Å²) in [6.45, 7) is 1.30. The number of fused-ring (bicyclic) bond motifs is 1. The molecule has 1 N–H and O–H groups in total. The number of aromatic nitrogens is 3. The molecular weight excluding hydrogens is 271 g/mol. The maximum absolute atomic E-state index is 12.8. The molecule has 2 heterocycles. The number of halogens is 1. The first-order chi connectivity index (χ1) is 10.2. The van der Waals surface area contributed by atoms with Gasteiger partial charge in [-0.2, -0.15) is 0 Å². The molecular formula is C15H17FN4O. The highest BCUT2D eigenvalue weighted by Gasteiger charge is 2.15. The number of hydrogen-bond acceptors (Lipinski definition) is 3. The lowest BCUT2D eigenvalue weighted by Gasteiger charge is -2.14. The summed E-state index contributed by atoms with van der Waals surface area (Å²) in [6, 6.07) is 5.96. The van der Waals surface area contributed by atoms with E-state index in [0.717, 1.165) is 43.0 Å². The minimum absolute atomic E-state index is 0.102. The first kappa shape index (κ1) is 13.7. The maximum atomic E-state index is 12.8. The normalized spacial score (nSPS) is 13.8. The summed E-state index contributed by atoms with van der Waals surface area (Å²) in [5.74, 6) is 1.41. The second-order valence-corrected chi connectivity index (χ2v) is 5.22. The highest BCUT2D eigenvalue weighted by atomic mass is 19.1. The Kier molecular flexibility index (Phi) is 3.94. The molecule has 110 valence electrons. The molecule has 6 heteroatoms. The molecule has 0 bridgehead atoms. The van der Waals surface area contributed by atoms with Gasteiger partial charge < -0.3 is 9.88 Å². The summed E-state index contributed by atoms with van der Waals surface area (Å²) in [5.41, 5.74) is 0.789. The van der Waals surface area contributed by atoms with Crippen LogP contribution in [0, 0.1) is 5.82 Å². The fourth-order valence-electron chi connectivity index (χ4n) is 2.53. The molecule has 0 fully saturated rings. The zero-order valence-corrected chi connectivity index (χ0v) is 11.7. The Morgan fingerprint density at radius 3 is 2.86 bits per heavy atom. The van der Waals surface area contributed by atoms with Gasteiger partial charge in [0.25, 0.3) is 0 Å². The largest absolute Gasteiger partial charge is 0.349 e. The van der Waals surface area contributed by atoms with Gasteiger partial charge in [-0.15, -0.1) is 10.2 Å². The molecule has 0 unspecified atom stereocenters. The van der Waals surface area contributed by atoms with Crippen molar-refractivity contribution in [3.8, 4) is 0 Å². The van der Waals surface area contributed by atoms with Crippen molar-refractivity contribution in [1.82, 2.24) is 20.1 Å². The van der Waals surface area contributed by atoms with E-state index in [1.165, 1.54) is 12.1 Å². The topological polar surface area (TPSA) is 59.8 Å². The van der Waals surface area contributed by atoms with Crippen LogP contribution in [-0.2, 0) is 30.7 Å². The third kappa shape index (κ3) is 3.26. The first-order valence-electron chi connectivity index (χ1n) is 7.14. The Bertz CT molecular complexity index is 636. The summed E-state index contributed by atoms with van der Waals surface area (Å²) in [7, 11) is 0. The molecule has 21 heavy (non-hydrogen) atoms. The van der Waals surface area contributed by atoms with Gasteiger partial charge in [0.1, 0.15) is 11.6 Å². The summed E-state index contributed by atoms with van der Waals surface area (Å²) >= 11 is 0. The van der Waals surface area contributed by atoms with E-state index >= 15 is 0 Å². The zero-order chi connectivity index (χ0) is 14.7. The fraction of sp³-hybridized carbons (Fsp3) is 0.400. The van der Waals surface area contributed by atoms with Crippen molar-refractivity contribution in [3.05, 3.63) is 47.3 Å². The van der Waals surface area contributed by atoms with Gasteiger partial charge in [0.05, 0.1) is 13.0 Å². The minimum atomic E-state index is -0.297. The Balaban J connectivity index is 1.56. The Morgan fingerprint density at radius 1 is 1.24 bits per heavy atom. The lowest BCUT2D eigenvalue weighted by Crippen LogP contribution is -2.27. The lowest BCUT2D eigenvalue weighted by molar-refractivity contribution is -0.120. The van der Waals surface area contributed by atoms with Crippen LogP contribution in [0.2, 0.25) is 0 Å². The Morgan fingerprint density at radius 2 is 2.05 bits per heavy atom. The highest BCUT2D eigenvalue weighted by Crippen LogP contribution is 2.14. The number of benzene rings is 1. The molecule has 1 amide bonds. The van der Waals surface area contributed by atoms with Crippen molar-refractivity contribution in [2.45, 2.75) is 38.8 Å². The summed E-state index contributed by atoms with van der Waals surface area (Å²) < 4.78 is 14.9. The number of carbonyl (C=O) groups is 1. The molecule has 1 aromatic heterocycles. The minimum Gasteiger partial charge on any atom is -0.349 e. The van der Waals surface area contributed by atoms with Crippen molar-refractivity contribution >= 4 is 5.91 Å². The molecule has 1 aliphatic heterocycles. The van der Waals surface area contributed by atoms with Crippen molar-refractivity contribution in [3.63, 3.8) is 0 Å². The quantitative estimate of drug-likeness (QED) is 0.930. The van der Waals surface area contributed by atoms with E-state index in [1.807, 2.05) is 0 Å². The third-order valence-corrected chi connectivity index (χ3v) is 3.66. The molecule has 1 aromatic carbocycles. The Hall–Kier alpha value is -2.24. The monoisotopic (exact) mass is 288 g/mol. The van der Waals surface area contributed by atoms with Gasteiger partial charge in [0.2, 0.25) is 5.91 Å². The van der Waals surface area contributed by atoms with Crippen molar-refractivity contribution in [2.24, 2.45) is 0 Å². The van der Waals surface area contributed by atoms with E-state index < -0.39 is 0 Å². The van der Waals surface area contributed by atoms with E-state index in [1.54, 1.807) is 12.1 Å². The van der Waals surface area contributed by atoms with Crippen LogP contribution in [0.1, 0.15) is 30.1 Å². The number of nitrogens with zero attached hydrogens (tertiary/aromatic N) is 3. The van der Waals surface area contributed by atoms with E-state index in [0.29, 0.717) is 6.54 Å². The number of rotatable bonds is 4. The molecule has 0 spiro atoms. The molecule has 5 nitrogen and oxygen atoms in total. The van der Waals surface area contributed by atoms with Crippen LogP contribution in [0.4, 0.5) is 4.39 Å². The summed E-state index contributed by atoms with van der Waals surface area (Å²) in [4.78, 5) is 11.9. The van der Waals surface area contributed by atoms with Crippen LogP contribution in [0.5, 0.6) is 0 Å². The van der Waals surface area contributed by atoms with Crippen molar-refractivity contribution in [2.75, 3.05) is 0 Å². The molecule has 0 atom stereocenters. The van der Waals surface area contributed by atoms with Gasteiger partial charge in [0.15, 0.2) is 5.82 Å². The van der Waals surface area contributed by atoms with Crippen LogP contribution in [0.3, 0.4) is 0 Å². The SMILES string of the molecule is O=C(Cc1ccc(F)cc1)NCc1nnc2n1CCCC2. The Labute approximate surface area is 122 Å². The number of carbonyl (C=O) groups excluding carboxylic acids is 1. The van der Waals surface area contributed by atoms with Crippen molar-refractivity contribution in [1.29, 1.82) is 0 Å². The number of aryl methyl sites for hydroxylation is 1. The fourth-order valence-corrected chi connectivity index (χ4v) is 2.53. The lowest BCUT2D eigenvalue weighted by atomic mass is 10.1. The molecule has 0 aliphatic carbocycles. The maximum Gasteiger partial charge on any atom is 0.224 e. The molecule has 0 saturated carbocycles. The predicted molar refractivity (Wildman–Crippen MR) is 74.9 cm³/mol. The second kappa shape index (κ2) is 6.03. The van der Waals surface area contributed by atoms with E-state index in [-0.39, 0.29) is 18.1 Å². The third-order valence-electron chi connectivity index (χ3n) is 3.66. The second-order valence-electron chi connectivity index (χ2n) is 5.22. The van der Waals surface area contributed by atoms with Crippen molar-refractivity contribution < 1.29 is 9.18 Å². The molecule has 2 aromatic rings. The van der Waals surface area contributed by atoms with Gasteiger partial charge in [-0.05, 0) is 30.5 Å². The van der Waals surface area contributed by atoms with Gasteiger partial charge in [-0.3, -0.25) is 4.79 Å². The van der Waals surface area contributed by atoms with Crippen LogP contribution < -0.4 is 5.32 Å². The number of amides is 1. The predicted octanol–water partition coefficient (Wildman–Crippen LogP) is 1.61. The van der Waals surface area contributed by atoms with Gasteiger partial charge >= 0.3 is 0 Å². The smallest absolute Gasteiger partial charge is 0.224 e. The van der Waals surface area contributed by atoms with Gasteiger partial charge in [-0.25, -0.2) is 4.39 Å². The van der Waals surface area contributed by atoms with E-state index in [9.17, 15) is 9.18 Å². The van der Waals surface area contributed by atoms with Crippen LogP contribution >= 0.6 is 0 Å². The summed E-state index contributed by atoms with van der Waals surface area (Å²) in [6.07, 6.45) is 3.47. The number of nitrogens with one attached hydrogen (secondary N) is 1. The molecule has 0 saturated heterocycles. The van der Waals surface area contributed by atoms with Crippen LogP contribution in [0.25, 0.3) is 0 Å². The zero-order valence-electron chi connectivity index (χ0n) is 11.7. The van der Waals surface area contributed by atoms with Gasteiger partial charge in [-0.1, -0.05) is 12.1 Å².